The monoisotopic (exact) mass is 855 g/mol. The maximum absolute atomic E-state index is 14.8. The number of nitrogens with one attached hydrogen (secondary N) is 1. The van der Waals surface area contributed by atoms with Crippen molar-refractivity contribution in [1.82, 2.24) is 29.1 Å². The van der Waals surface area contributed by atoms with E-state index in [2.05, 4.69) is 19.9 Å². The number of imidazole rings is 1. The smallest absolute Gasteiger partial charge is 0.389 e. The predicted octanol–water partition coefficient (Wildman–Crippen LogP) is 2.10. The normalized spacial score (nSPS) is 23.9. The fourth-order valence-electron chi connectivity index (χ4n) is 6.41. The summed E-state index contributed by atoms with van der Waals surface area (Å²) in [5.41, 5.74) is 6.04. The van der Waals surface area contributed by atoms with Crippen LogP contribution in [-0.2, 0) is 38.4 Å². The number of carbonyl (C=O) groups is 2. The highest BCUT2D eigenvalue weighted by Crippen LogP contribution is 2.64. The Morgan fingerprint density at radius 1 is 0.983 bits per heavy atom. The van der Waals surface area contributed by atoms with E-state index in [1.807, 2.05) is 0 Å². The van der Waals surface area contributed by atoms with E-state index in [4.69, 9.17) is 38.5 Å². The van der Waals surface area contributed by atoms with Crippen LogP contribution in [0.25, 0.3) is 11.2 Å². The zero-order valence-corrected chi connectivity index (χ0v) is 33.0. The van der Waals surface area contributed by atoms with E-state index in [1.54, 1.807) is 16.7 Å². The number of anilines is 1. The number of aliphatic hydroxyl groups is 2. The number of carbonyl (C=O) groups excluding carboxylic acids is 2. The van der Waals surface area contributed by atoms with Crippen molar-refractivity contribution in [3.05, 3.63) is 105 Å². The average molecular weight is 856 g/mol. The van der Waals surface area contributed by atoms with Crippen LogP contribution in [-0.4, -0.2) is 102 Å². The van der Waals surface area contributed by atoms with Crippen LogP contribution in [0.5, 0.6) is 11.5 Å². The Bertz CT molecular complexity index is 2470. The number of esters is 2. The molecule has 0 amide bonds. The van der Waals surface area contributed by atoms with Gasteiger partial charge in [0.25, 0.3) is 5.56 Å². The van der Waals surface area contributed by atoms with Crippen LogP contribution in [0.4, 0.5) is 5.82 Å². The summed E-state index contributed by atoms with van der Waals surface area (Å²) in [5, 5.41) is 21.3. The molecule has 2 unspecified atom stereocenters. The van der Waals surface area contributed by atoms with Crippen molar-refractivity contribution in [2.75, 3.05) is 26.1 Å². The SMILES string of the molecule is COC1[C@@H](OP(=O)(OC[C@H]2O[C@@H](n3cnc4c(N)ncnc43)C[C@H]2O)SCc2ccc(OC(=O)c3ccc(OC(C)=O)cc3)cc2)[C@@H](CO)O[C@H]1n1ccc(=O)[nH]c1=O. The first-order valence-electron chi connectivity index (χ1n) is 17.9. The number of H-pyrrole nitrogens is 1. The number of rotatable bonds is 15. The number of methoxy groups -OCH3 is 1. The van der Waals surface area contributed by atoms with Crippen molar-refractivity contribution in [2.24, 2.45) is 0 Å². The predicted molar refractivity (Wildman–Crippen MR) is 206 cm³/mol. The molecular formula is C36H38N7O14PS. The van der Waals surface area contributed by atoms with E-state index in [9.17, 15) is 34.0 Å². The van der Waals surface area contributed by atoms with Gasteiger partial charge in [0, 0.05) is 38.5 Å². The van der Waals surface area contributed by atoms with E-state index in [1.165, 1.54) is 69.3 Å². The summed E-state index contributed by atoms with van der Waals surface area (Å²) in [6, 6.07) is 13.3. The highest BCUT2D eigenvalue weighted by molar-refractivity contribution is 8.54. The highest BCUT2D eigenvalue weighted by atomic mass is 32.7. The molecule has 312 valence electrons. The second-order valence-electron chi connectivity index (χ2n) is 13.2. The standard InChI is InChI=1S/C36H38N7O14PS/c1-19(45)53-22-9-5-21(6-10-22)35(48)54-23-7-3-20(4-8-23)16-59-58(50,57-30-25(14-44)56-34(31(30)51-2)42-12-11-27(47)41-36(42)49)52-15-26-24(46)13-28(55-26)43-18-40-29-32(37)38-17-39-33(29)43/h3-12,17-18,24-26,28,30-31,34,44,46H,13-16H2,1-2H3,(H2,37,38,39)(H,41,47,49)/t24-,25-,26-,28-,30+,31?,34-,58?/m1/s1. The van der Waals surface area contributed by atoms with Gasteiger partial charge in [0.15, 0.2) is 17.7 Å². The Labute approximate surface area is 337 Å². The van der Waals surface area contributed by atoms with Gasteiger partial charge in [-0.25, -0.2) is 29.1 Å². The second kappa shape index (κ2) is 17.9. The van der Waals surface area contributed by atoms with Crippen molar-refractivity contribution < 1.29 is 57.1 Å². The van der Waals surface area contributed by atoms with Crippen LogP contribution >= 0.6 is 18.2 Å². The number of nitrogens with zero attached hydrogens (tertiary/aromatic N) is 5. The number of nitrogen functional groups attached to an aromatic ring is 1. The maximum Gasteiger partial charge on any atom is 0.389 e. The summed E-state index contributed by atoms with van der Waals surface area (Å²) in [4.78, 5) is 63.0. The molecule has 0 spiro atoms. The van der Waals surface area contributed by atoms with Gasteiger partial charge in [-0.15, -0.1) is 0 Å². The molecule has 5 aromatic rings. The Morgan fingerprint density at radius 2 is 1.71 bits per heavy atom. The van der Waals surface area contributed by atoms with Gasteiger partial charge >= 0.3 is 24.4 Å². The van der Waals surface area contributed by atoms with Crippen molar-refractivity contribution in [1.29, 1.82) is 0 Å². The Morgan fingerprint density at radius 3 is 2.41 bits per heavy atom. The Kier molecular flexibility index (Phi) is 12.7. The molecule has 3 aromatic heterocycles. The third-order valence-corrected chi connectivity index (χ3v) is 12.9. The van der Waals surface area contributed by atoms with Crippen molar-refractivity contribution >= 4 is 47.1 Å². The van der Waals surface area contributed by atoms with Gasteiger partial charge in [-0.2, -0.15) is 0 Å². The quantitative estimate of drug-likeness (QED) is 0.0666. The summed E-state index contributed by atoms with van der Waals surface area (Å²) in [6.45, 7) is -4.12. The molecule has 8 atom stereocenters. The van der Waals surface area contributed by atoms with E-state index in [0.29, 0.717) is 16.7 Å². The molecular weight excluding hydrogens is 817 g/mol. The molecule has 0 bridgehead atoms. The molecule has 0 radical (unpaired) electrons. The Balaban J connectivity index is 1.08. The van der Waals surface area contributed by atoms with Gasteiger partial charge in [-0.1, -0.05) is 12.1 Å². The van der Waals surface area contributed by atoms with E-state index in [0.717, 1.165) is 22.0 Å². The average Bonchev–Trinajstić information content (AvgIpc) is 3.92. The molecule has 5 heterocycles. The number of benzene rings is 2. The summed E-state index contributed by atoms with van der Waals surface area (Å²) in [6.07, 6.45) is -3.59. The number of aromatic amines is 1. The minimum absolute atomic E-state index is 0.0276. The molecule has 2 aliphatic heterocycles. The third-order valence-electron chi connectivity index (χ3n) is 9.29. The lowest BCUT2D eigenvalue weighted by atomic mass is 10.1. The summed E-state index contributed by atoms with van der Waals surface area (Å²) in [7, 11) is 1.31. The largest absolute Gasteiger partial charge is 0.427 e. The zero-order valence-electron chi connectivity index (χ0n) is 31.3. The molecule has 21 nitrogen and oxygen atoms in total. The lowest BCUT2D eigenvalue weighted by Gasteiger charge is -2.28. The fraction of sp³-hybridized carbons (Fsp3) is 0.361. The van der Waals surface area contributed by atoms with Crippen LogP contribution in [0.15, 0.2) is 83.0 Å². The van der Waals surface area contributed by atoms with Crippen LogP contribution in [0.1, 0.15) is 41.7 Å². The number of aromatic nitrogens is 6. The number of hydrogen-bond donors (Lipinski definition) is 4. The first kappa shape index (κ1) is 41.9. The number of aliphatic hydroxyl groups excluding tert-OH is 2. The third kappa shape index (κ3) is 9.46. The van der Waals surface area contributed by atoms with Crippen LogP contribution in [0.3, 0.4) is 0 Å². The lowest BCUT2D eigenvalue weighted by Crippen LogP contribution is -2.39. The first-order valence-corrected chi connectivity index (χ1v) is 21.0. The van der Waals surface area contributed by atoms with E-state index >= 15 is 0 Å². The fourth-order valence-corrected chi connectivity index (χ4v) is 9.80. The van der Waals surface area contributed by atoms with E-state index < -0.39 is 86.2 Å². The molecule has 2 saturated heterocycles. The highest BCUT2D eigenvalue weighted by Gasteiger charge is 2.51. The molecule has 5 N–H and O–H groups in total. The van der Waals surface area contributed by atoms with Gasteiger partial charge in [0.05, 0.1) is 31.2 Å². The van der Waals surface area contributed by atoms with Crippen LogP contribution in [0.2, 0.25) is 0 Å². The Hall–Kier alpha value is -5.29. The zero-order chi connectivity index (χ0) is 41.8. The van der Waals surface area contributed by atoms with Crippen LogP contribution < -0.4 is 26.5 Å². The van der Waals surface area contributed by atoms with Crippen molar-refractivity contribution in [3.63, 3.8) is 0 Å². The molecule has 2 aliphatic rings. The molecule has 0 aliphatic carbocycles. The summed E-state index contributed by atoms with van der Waals surface area (Å²) < 4.78 is 57.8. The van der Waals surface area contributed by atoms with Crippen LogP contribution in [0, 0.1) is 0 Å². The molecule has 59 heavy (non-hydrogen) atoms. The van der Waals surface area contributed by atoms with Gasteiger partial charge in [-0.3, -0.25) is 32.8 Å². The summed E-state index contributed by atoms with van der Waals surface area (Å²) >= 11 is 0.775. The minimum Gasteiger partial charge on any atom is -0.427 e. The number of ether oxygens (including phenoxy) is 5. The first-order chi connectivity index (χ1) is 28.3. The summed E-state index contributed by atoms with van der Waals surface area (Å²) in [5.74, 6) is -0.471. The van der Waals surface area contributed by atoms with Gasteiger partial charge in [-0.05, 0) is 53.3 Å². The minimum atomic E-state index is -4.33. The van der Waals surface area contributed by atoms with E-state index in [-0.39, 0.29) is 35.1 Å². The maximum atomic E-state index is 14.8. The molecule has 2 fully saturated rings. The number of fused-ring (bicyclic) bond motifs is 1. The van der Waals surface area contributed by atoms with Gasteiger partial charge in [0.2, 0.25) is 0 Å². The molecule has 2 aromatic carbocycles. The van der Waals surface area contributed by atoms with Gasteiger partial charge in [0.1, 0.15) is 54.0 Å². The van der Waals surface area contributed by atoms with Crippen molar-refractivity contribution in [2.45, 2.75) is 62.1 Å². The molecule has 7 rings (SSSR count). The number of hydrogen-bond acceptors (Lipinski definition) is 19. The molecule has 23 heteroatoms. The molecule has 0 saturated carbocycles. The second-order valence-corrected chi connectivity index (χ2v) is 17.2. The topological polar surface area (TPSA) is 281 Å². The van der Waals surface area contributed by atoms with Gasteiger partial charge < -0.3 is 39.6 Å². The number of nitrogens with two attached hydrogens (primary N) is 1. The lowest BCUT2D eigenvalue weighted by molar-refractivity contribution is -0.131. The van der Waals surface area contributed by atoms with Crippen molar-refractivity contribution in [3.8, 4) is 11.5 Å².